The van der Waals surface area contributed by atoms with Gasteiger partial charge in [0.15, 0.2) is 5.69 Å². The molecule has 166 valence electrons. The number of amides is 2. The third-order valence-corrected chi connectivity index (χ3v) is 5.60. The van der Waals surface area contributed by atoms with Crippen LogP contribution < -0.4 is 9.42 Å². The van der Waals surface area contributed by atoms with Crippen molar-refractivity contribution in [3.8, 4) is 11.6 Å². The Hall–Kier alpha value is -3.75. The number of pyridine rings is 1. The van der Waals surface area contributed by atoms with Crippen LogP contribution in [0.25, 0.3) is 5.69 Å². The topological polar surface area (TPSA) is 95.3 Å². The van der Waals surface area contributed by atoms with Gasteiger partial charge in [0.25, 0.3) is 5.91 Å². The highest BCUT2D eigenvalue weighted by atomic mass is 16.5. The van der Waals surface area contributed by atoms with Gasteiger partial charge < -0.3 is 14.5 Å². The molecule has 1 aromatic carbocycles. The Kier molecular flexibility index (Phi) is 5.89. The standard InChI is InChI=1S/C23H26N6O3/c1-15-7-5-8-18(11-15)28-14-24-21(26-28)23(31)29-16(2)12-27(13-17(29)3)22(30)19-9-6-10-20(25-19)32-4/h5-11,14,16-17H,12-13H2,1-4H3/p+1/t16-,17+. The fourth-order valence-corrected chi connectivity index (χ4v) is 4.12. The molecule has 1 aliphatic heterocycles. The fourth-order valence-electron chi connectivity index (χ4n) is 4.12. The molecular formula is C23H27N6O3+. The van der Waals surface area contributed by atoms with Crippen LogP contribution in [-0.4, -0.2) is 69.0 Å². The van der Waals surface area contributed by atoms with Crippen LogP contribution in [0.1, 0.15) is 40.5 Å². The molecule has 2 atom stereocenters. The highest BCUT2D eigenvalue weighted by Gasteiger charge is 2.38. The van der Waals surface area contributed by atoms with Gasteiger partial charge in [0.1, 0.15) is 5.69 Å². The van der Waals surface area contributed by atoms with Crippen molar-refractivity contribution in [2.24, 2.45) is 0 Å². The minimum Gasteiger partial charge on any atom is -0.481 e. The molecule has 0 radical (unpaired) electrons. The van der Waals surface area contributed by atoms with Gasteiger partial charge in [0, 0.05) is 31.2 Å². The number of nitrogens with zero attached hydrogens (tertiary/aromatic N) is 5. The second kappa shape index (κ2) is 8.78. The molecule has 9 heteroatoms. The van der Waals surface area contributed by atoms with Gasteiger partial charge >= 0.3 is 18.1 Å². The fraction of sp³-hybridized carbons (Fsp3) is 0.348. The Morgan fingerprint density at radius 1 is 1.09 bits per heavy atom. The van der Waals surface area contributed by atoms with E-state index in [-0.39, 0.29) is 29.7 Å². The number of carbonyl (C=O) groups excluding carboxylic acids is 2. The average molecular weight is 436 g/mol. The summed E-state index contributed by atoms with van der Waals surface area (Å²) in [4.78, 5) is 38.3. The summed E-state index contributed by atoms with van der Waals surface area (Å²) in [7, 11) is 1.52. The van der Waals surface area contributed by atoms with Crippen molar-refractivity contribution in [1.29, 1.82) is 0 Å². The van der Waals surface area contributed by atoms with Gasteiger partial charge in [-0.25, -0.2) is 4.98 Å². The zero-order valence-corrected chi connectivity index (χ0v) is 18.6. The number of hydrogen-bond donors (Lipinski definition) is 1. The molecule has 1 aliphatic rings. The van der Waals surface area contributed by atoms with E-state index < -0.39 is 0 Å². The van der Waals surface area contributed by atoms with Gasteiger partial charge in [-0.05, 0) is 49.5 Å². The smallest absolute Gasteiger partial charge is 0.341 e. The minimum absolute atomic E-state index is 0.176. The molecule has 9 nitrogen and oxygen atoms in total. The number of aryl methyl sites for hydroxylation is 1. The number of aromatic nitrogens is 4. The van der Waals surface area contributed by atoms with Crippen LogP contribution >= 0.6 is 0 Å². The lowest BCUT2D eigenvalue weighted by atomic mass is 10.1. The third-order valence-electron chi connectivity index (χ3n) is 5.60. The maximum Gasteiger partial charge on any atom is 0.341 e. The van der Waals surface area contributed by atoms with E-state index in [2.05, 4.69) is 15.1 Å². The van der Waals surface area contributed by atoms with E-state index in [1.54, 1.807) is 39.0 Å². The third kappa shape index (κ3) is 4.18. The first-order valence-electron chi connectivity index (χ1n) is 10.5. The maximum absolute atomic E-state index is 13.2. The number of hydrogen-bond acceptors (Lipinski definition) is 5. The second-order valence-electron chi connectivity index (χ2n) is 8.10. The van der Waals surface area contributed by atoms with Gasteiger partial charge in [-0.1, -0.05) is 18.2 Å². The second-order valence-corrected chi connectivity index (χ2v) is 8.10. The molecule has 0 spiro atoms. The molecule has 1 fully saturated rings. The van der Waals surface area contributed by atoms with E-state index in [0.717, 1.165) is 11.3 Å². The van der Waals surface area contributed by atoms with Crippen molar-refractivity contribution < 1.29 is 19.0 Å². The van der Waals surface area contributed by atoms with Gasteiger partial charge in [-0.15, -0.1) is 4.68 Å². The Morgan fingerprint density at radius 3 is 2.50 bits per heavy atom. The number of piperazine rings is 1. The number of carbonyl (C=O) groups is 2. The van der Waals surface area contributed by atoms with Crippen molar-refractivity contribution in [2.45, 2.75) is 32.9 Å². The minimum atomic E-state index is -0.192. The Balaban J connectivity index is 1.49. The largest absolute Gasteiger partial charge is 0.481 e. The summed E-state index contributed by atoms with van der Waals surface area (Å²) in [5.41, 5.74) is 2.35. The Morgan fingerprint density at radius 2 is 1.81 bits per heavy atom. The van der Waals surface area contributed by atoms with Crippen LogP contribution in [0.15, 0.2) is 48.8 Å². The molecule has 3 aromatic rings. The lowest BCUT2D eigenvalue weighted by Gasteiger charge is -2.43. The van der Waals surface area contributed by atoms with E-state index in [9.17, 15) is 9.59 Å². The Labute approximate surface area is 186 Å². The van der Waals surface area contributed by atoms with E-state index in [4.69, 9.17) is 4.74 Å². The normalized spacial score (nSPS) is 18.5. The SMILES string of the molecule is COc1cccc(C(=O)N2C[C@@H](C)N(C(=O)c3nc[n+](-c4cccc(C)c4)[nH]3)[C@@H](C)C2)n1. The van der Waals surface area contributed by atoms with Crippen LogP contribution in [0.5, 0.6) is 5.88 Å². The summed E-state index contributed by atoms with van der Waals surface area (Å²) in [5.74, 6) is 0.290. The summed E-state index contributed by atoms with van der Waals surface area (Å²) in [6.07, 6.45) is 1.60. The van der Waals surface area contributed by atoms with Crippen LogP contribution in [0.2, 0.25) is 0 Å². The highest BCUT2D eigenvalue weighted by Crippen LogP contribution is 2.20. The van der Waals surface area contributed by atoms with Crippen molar-refractivity contribution in [2.75, 3.05) is 20.2 Å². The van der Waals surface area contributed by atoms with Crippen molar-refractivity contribution in [1.82, 2.24) is 24.9 Å². The first-order valence-corrected chi connectivity index (χ1v) is 10.5. The number of methoxy groups -OCH3 is 1. The molecule has 0 saturated carbocycles. The number of aromatic amines is 1. The molecule has 0 bridgehead atoms. The van der Waals surface area contributed by atoms with E-state index in [0.29, 0.717) is 24.7 Å². The summed E-state index contributed by atoms with van der Waals surface area (Å²) in [5, 5.41) is 3.08. The lowest BCUT2D eigenvalue weighted by Crippen LogP contribution is -2.60. The van der Waals surface area contributed by atoms with Crippen molar-refractivity contribution in [3.63, 3.8) is 0 Å². The molecule has 2 aromatic heterocycles. The highest BCUT2D eigenvalue weighted by molar-refractivity contribution is 5.93. The van der Waals surface area contributed by atoms with E-state index >= 15 is 0 Å². The molecule has 2 amide bonds. The quantitative estimate of drug-likeness (QED) is 0.631. The molecule has 32 heavy (non-hydrogen) atoms. The van der Waals surface area contributed by atoms with Crippen LogP contribution in [0, 0.1) is 6.92 Å². The monoisotopic (exact) mass is 435 g/mol. The lowest BCUT2D eigenvalue weighted by molar-refractivity contribution is -0.656. The summed E-state index contributed by atoms with van der Waals surface area (Å²) in [6.45, 7) is 6.70. The molecule has 4 rings (SSSR count). The number of benzene rings is 1. The Bertz CT molecular complexity index is 1130. The first-order chi connectivity index (χ1) is 15.4. The maximum atomic E-state index is 13.2. The molecule has 3 heterocycles. The average Bonchev–Trinajstić information content (AvgIpc) is 3.28. The van der Waals surface area contributed by atoms with Crippen LogP contribution in [0.3, 0.4) is 0 Å². The van der Waals surface area contributed by atoms with Crippen LogP contribution in [-0.2, 0) is 0 Å². The number of ether oxygens (including phenoxy) is 1. The summed E-state index contributed by atoms with van der Waals surface area (Å²) in [6, 6.07) is 12.7. The van der Waals surface area contributed by atoms with Gasteiger partial charge in [0.05, 0.1) is 7.11 Å². The molecule has 0 aliphatic carbocycles. The van der Waals surface area contributed by atoms with Crippen molar-refractivity contribution >= 4 is 11.8 Å². The predicted octanol–water partition coefficient (Wildman–Crippen LogP) is 1.77. The molecule has 0 unspecified atom stereocenters. The number of H-pyrrole nitrogens is 1. The van der Waals surface area contributed by atoms with Gasteiger partial charge in [-0.3, -0.25) is 9.59 Å². The van der Waals surface area contributed by atoms with E-state index in [1.165, 1.54) is 7.11 Å². The summed E-state index contributed by atoms with van der Waals surface area (Å²) < 4.78 is 6.85. The van der Waals surface area contributed by atoms with Crippen LogP contribution in [0.4, 0.5) is 0 Å². The molecular weight excluding hydrogens is 408 g/mol. The molecule has 1 saturated heterocycles. The summed E-state index contributed by atoms with van der Waals surface area (Å²) >= 11 is 0. The number of rotatable bonds is 4. The van der Waals surface area contributed by atoms with Gasteiger partial charge in [0.2, 0.25) is 5.88 Å². The molecule has 1 N–H and O–H groups in total. The van der Waals surface area contributed by atoms with Crippen molar-refractivity contribution in [3.05, 3.63) is 65.9 Å². The number of nitrogens with one attached hydrogen (secondary N) is 1. The zero-order valence-electron chi connectivity index (χ0n) is 18.6. The van der Waals surface area contributed by atoms with Gasteiger partial charge in [-0.2, -0.15) is 5.10 Å². The zero-order chi connectivity index (χ0) is 22.8. The van der Waals surface area contributed by atoms with E-state index in [1.807, 2.05) is 45.0 Å². The first kappa shape index (κ1) is 21.5. The predicted molar refractivity (Wildman–Crippen MR) is 117 cm³/mol.